The lowest BCUT2D eigenvalue weighted by Crippen LogP contribution is -2.63. The van der Waals surface area contributed by atoms with Gasteiger partial charge in [-0.1, -0.05) is 188 Å². The van der Waals surface area contributed by atoms with E-state index < -0.39 is 61.4 Å². The molecule has 2 aliphatic rings. The van der Waals surface area contributed by atoms with Gasteiger partial charge in [-0.3, -0.25) is 0 Å². The Kier molecular flexibility index (Phi) is 18.5. The first kappa shape index (κ1) is 48.1. The third kappa shape index (κ3) is 14.1. The molecule has 350 valence electrons. The molecule has 10 heteroatoms. The molecule has 0 aliphatic carbocycles. The molecule has 0 unspecified atom stereocenters. The highest BCUT2D eigenvalue weighted by atomic mass is 16.7. The van der Waals surface area contributed by atoms with Gasteiger partial charge >= 0.3 is 0 Å². The molecule has 0 saturated carbocycles. The highest BCUT2D eigenvalue weighted by molar-refractivity contribution is 5.18. The molecule has 67 heavy (non-hydrogen) atoms. The van der Waals surface area contributed by atoms with Crippen molar-refractivity contribution < 1.29 is 47.4 Å². The number of benzene rings is 6. The van der Waals surface area contributed by atoms with Crippen molar-refractivity contribution in [3.05, 3.63) is 228 Å². The molecule has 0 amide bonds. The number of ether oxygens (including phenoxy) is 10. The van der Waals surface area contributed by atoms with Crippen LogP contribution in [0.1, 0.15) is 40.3 Å². The molecular weight excluding hydrogens is 845 g/mol. The summed E-state index contributed by atoms with van der Waals surface area (Å²) in [6, 6.07) is 60.4. The molecule has 8 rings (SSSR count). The van der Waals surface area contributed by atoms with E-state index in [1.54, 1.807) is 6.08 Å². The Bertz CT molecular complexity index is 2270. The van der Waals surface area contributed by atoms with Gasteiger partial charge in [-0.15, -0.1) is 6.58 Å². The van der Waals surface area contributed by atoms with Gasteiger partial charge in [0.25, 0.3) is 0 Å². The molecule has 0 N–H and O–H groups in total. The molecule has 2 saturated heterocycles. The monoisotopic (exact) mass is 906 g/mol. The minimum Gasteiger partial charge on any atom is -0.368 e. The Labute approximate surface area is 395 Å². The molecule has 0 aromatic heterocycles. The van der Waals surface area contributed by atoms with Crippen LogP contribution in [0, 0.1) is 0 Å². The lowest BCUT2D eigenvalue weighted by molar-refractivity contribution is -0.349. The van der Waals surface area contributed by atoms with Gasteiger partial charge in [-0.2, -0.15) is 0 Å². The van der Waals surface area contributed by atoms with Gasteiger partial charge in [0, 0.05) is 0 Å². The Morgan fingerprint density at radius 3 is 1.01 bits per heavy atom. The first-order chi connectivity index (χ1) is 33.1. The van der Waals surface area contributed by atoms with E-state index in [2.05, 4.69) is 6.58 Å². The van der Waals surface area contributed by atoms with Crippen molar-refractivity contribution in [3.63, 3.8) is 0 Å². The lowest BCUT2D eigenvalue weighted by atomic mass is 9.97. The molecule has 10 atom stereocenters. The van der Waals surface area contributed by atoms with E-state index >= 15 is 0 Å². The van der Waals surface area contributed by atoms with E-state index in [1.807, 2.05) is 189 Å². The molecule has 10 nitrogen and oxygen atoms in total. The van der Waals surface area contributed by atoms with Crippen molar-refractivity contribution in [1.29, 1.82) is 0 Å². The van der Waals surface area contributed by atoms with Gasteiger partial charge in [-0.25, -0.2) is 0 Å². The predicted molar refractivity (Wildman–Crippen MR) is 255 cm³/mol. The van der Waals surface area contributed by atoms with Crippen molar-refractivity contribution in [1.82, 2.24) is 0 Å². The highest BCUT2D eigenvalue weighted by Gasteiger charge is 2.51. The summed E-state index contributed by atoms with van der Waals surface area (Å²) in [4.78, 5) is 0. The van der Waals surface area contributed by atoms with Gasteiger partial charge in [0.2, 0.25) is 0 Å². The Morgan fingerprint density at radius 2 is 0.657 bits per heavy atom. The van der Waals surface area contributed by atoms with Gasteiger partial charge in [0.1, 0.15) is 42.7 Å². The molecule has 6 aromatic rings. The molecule has 2 heterocycles. The van der Waals surface area contributed by atoms with Gasteiger partial charge in [-0.05, 0) is 40.3 Å². The molecule has 6 aromatic carbocycles. The number of hydrogen-bond donors (Lipinski definition) is 0. The van der Waals surface area contributed by atoms with Gasteiger partial charge < -0.3 is 47.4 Å². The molecule has 2 fully saturated rings. The van der Waals surface area contributed by atoms with Crippen LogP contribution in [0.15, 0.2) is 195 Å². The van der Waals surface area contributed by atoms with Crippen LogP contribution in [0.5, 0.6) is 0 Å². The van der Waals surface area contributed by atoms with Crippen molar-refractivity contribution in [2.75, 3.05) is 13.2 Å². The highest BCUT2D eigenvalue weighted by Crippen LogP contribution is 2.35. The van der Waals surface area contributed by atoms with Crippen LogP contribution >= 0.6 is 0 Å². The predicted octanol–water partition coefficient (Wildman–Crippen LogP) is 10.2. The normalized spacial score (nSPS) is 25.1. The summed E-state index contributed by atoms with van der Waals surface area (Å²) in [6.45, 7) is 8.02. The molecule has 0 bridgehead atoms. The second-order valence-electron chi connectivity index (χ2n) is 16.8. The summed E-state index contributed by atoms with van der Waals surface area (Å²) in [5, 5.41) is 0. The quantitative estimate of drug-likeness (QED) is 0.0547. The van der Waals surface area contributed by atoms with E-state index in [1.165, 1.54) is 0 Å². The van der Waals surface area contributed by atoms with Crippen LogP contribution in [0.2, 0.25) is 0 Å². The topological polar surface area (TPSA) is 92.3 Å². The summed E-state index contributed by atoms with van der Waals surface area (Å²) < 4.78 is 68.1. The minimum absolute atomic E-state index is 0.0214. The Hall–Kier alpha value is -5.34. The number of hydrogen-bond acceptors (Lipinski definition) is 10. The zero-order valence-electron chi connectivity index (χ0n) is 38.1. The summed E-state index contributed by atoms with van der Waals surface area (Å²) in [5.74, 6) is 0. The van der Waals surface area contributed by atoms with Crippen LogP contribution in [-0.2, 0) is 87.0 Å². The summed E-state index contributed by atoms with van der Waals surface area (Å²) in [5.41, 5.74) is 6.05. The third-order valence-corrected chi connectivity index (χ3v) is 11.8. The maximum Gasteiger partial charge on any atom is 0.187 e. The standard InChI is InChI=1S/C57H62O10/c1-3-34-58-56-55(64-40-48-32-20-9-21-33-48)53(62-38-46-28-16-7-17-29-46)51(60-36-44-24-12-5-13-25-44)49(67-56)41-65-57-54(63-39-47-30-18-8-19-31-47)52(61-37-45-26-14-6-15-27-45)50(42(2)66-57)59-35-43-22-10-4-11-23-43/h3-33,42,49-57H,1,34-41H2,2H3/t42-,49+,50-,51+,52+,53-,54+,55+,56-,57+/m0/s1. The molecule has 0 spiro atoms. The summed E-state index contributed by atoms with van der Waals surface area (Å²) in [6.07, 6.45) is -5.15. The zero-order chi connectivity index (χ0) is 45.9. The lowest BCUT2D eigenvalue weighted by Gasteiger charge is -2.47. The van der Waals surface area contributed by atoms with Crippen LogP contribution < -0.4 is 0 Å². The van der Waals surface area contributed by atoms with Gasteiger partial charge in [0.15, 0.2) is 12.6 Å². The maximum atomic E-state index is 6.94. The van der Waals surface area contributed by atoms with E-state index in [4.69, 9.17) is 47.4 Å². The van der Waals surface area contributed by atoms with Crippen molar-refractivity contribution in [2.24, 2.45) is 0 Å². The van der Waals surface area contributed by atoms with Crippen LogP contribution in [-0.4, -0.2) is 74.6 Å². The second kappa shape index (κ2) is 25.7. The van der Waals surface area contributed by atoms with Crippen LogP contribution in [0.4, 0.5) is 0 Å². The maximum absolute atomic E-state index is 6.94. The summed E-state index contributed by atoms with van der Waals surface area (Å²) in [7, 11) is 0. The fraction of sp³-hybridized carbons (Fsp3) is 0.333. The van der Waals surface area contributed by atoms with Crippen molar-refractivity contribution >= 4 is 0 Å². The first-order valence-electron chi connectivity index (χ1n) is 23.2. The molecule has 0 radical (unpaired) electrons. The first-order valence-corrected chi connectivity index (χ1v) is 23.2. The van der Waals surface area contributed by atoms with E-state index in [0.29, 0.717) is 26.4 Å². The van der Waals surface area contributed by atoms with Crippen LogP contribution in [0.3, 0.4) is 0 Å². The average molecular weight is 907 g/mol. The zero-order valence-corrected chi connectivity index (χ0v) is 38.1. The van der Waals surface area contributed by atoms with E-state index in [9.17, 15) is 0 Å². The van der Waals surface area contributed by atoms with Crippen molar-refractivity contribution in [3.8, 4) is 0 Å². The van der Waals surface area contributed by atoms with E-state index in [-0.39, 0.29) is 26.4 Å². The third-order valence-electron chi connectivity index (χ3n) is 11.8. The minimum atomic E-state index is -0.905. The fourth-order valence-corrected chi connectivity index (χ4v) is 8.37. The summed E-state index contributed by atoms with van der Waals surface area (Å²) >= 11 is 0. The van der Waals surface area contributed by atoms with E-state index in [0.717, 1.165) is 33.4 Å². The largest absolute Gasteiger partial charge is 0.368 e. The molecular formula is C57H62O10. The molecule has 2 aliphatic heterocycles. The average Bonchev–Trinajstić information content (AvgIpc) is 3.38. The Morgan fingerprint density at radius 1 is 0.358 bits per heavy atom. The van der Waals surface area contributed by atoms with Crippen LogP contribution in [0.25, 0.3) is 0 Å². The smallest absolute Gasteiger partial charge is 0.187 e. The number of rotatable bonds is 24. The van der Waals surface area contributed by atoms with Gasteiger partial charge in [0.05, 0.1) is 59.0 Å². The van der Waals surface area contributed by atoms with Crippen molar-refractivity contribution in [2.45, 2.75) is 108 Å². The second-order valence-corrected chi connectivity index (χ2v) is 16.8. The Balaban J connectivity index is 1.11. The fourth-order valence-electron chi connectivity index (χ4n) is 8.37. The SMILES string of the molecule is C=CCO[C@H]1O[C@H](CO[C@@H]2O[C@@H](C)[C@H](OCc3ccccc3)[C@@H](OCc3ccccc3)[C@H]2OCc2ccccc2)[C@@H](OCc2ccccc2)[C@H](OCc2ccccc2)[C@H]1OCc1ccccc1.